The molecular formula is C16H19N3O4. The van der Waals surface area contributed by atoms with Crippen LogP contribution in [0.15, 0.2) is 36.7 Å². The molecule has 1 aromatic carbocycles. The number of hydrogen-bond donors (Lipinski definition) is 0. The first-order valence-corrected chi connectivity index (χ1v) is 7.73. The Bertz CT molecular complexity index is 648. The van der Waals surface area contributed by atoms with Crippen molar-refractivity contribution in [2.24, 2.45) is 0 Å². The van der Waals surface area contributed by atoms with E-state index < -0.39 is 4.92 Å². The molecule has 122 valence electrons. The Morgan fingerprint density at radius 2 is 2.13 bits per heavy atom. The summed E-state index contributed by atoms with van der Waals surface area (Å²) in [4.78, 5) is 10.3. The lowest BCUT2D eigenvalue weighted by atomic mass is 10.1. The van der Waals surface area contributed by atoms with Gasteiger partial charge in [0.15, 0.2) is 6.29 Å². The number of aromatic nitrogens is 2. The average molecular weight is 317 g/mol. The molecule has 1 unspecified atom stereocenters. The summed E-state index contributed by atoms with van der Waals surface area (Å²) in [6, 6.07) is 6.45. The van der Waals surface area contributed by atoms with Crippen LogP contribution in [-0.2, 0) is 16.0 Å². The van der Waals surface area contributed by atoms with Crippen molar-refractivity contribution in [3.05, 3.63) is 46.8 Å². The lowest BCUT2D eigenvalue weighted by Crippen LogP contribution is -2.24. The van der Waals surface area contributed by atoms with Crippen molar-refractivity contribution in [1.82, 2.24) is 9.78 Å². The molecule has 0 spiro atoms. The predicted molar refractivity (Wildman–Crippen MR) is 83.9 cm³/mol. The van der Waals surface area contributed by atoms with Crippen LogP contribution < -0.4 is 0 Å². The fraction of sp³-hybridized carbons (Fsp3) is 0.438. The predicted octanol–water partition coefficient (Wildman–Crippen LogP) is 3.00. The summed E-state index contributed by atoms with van der Waals surface area (Å²) in [5.41, 5.74) is 1.91. The van der Waals surface area contributed by atoms with E-state index in [0.717, 1.165) is 37.0 Å². The Hall–Kier alpha value is -2.25. The number of rotatable bonds is 6. The molecule has 23 heavy (non-hydrogen) atoms. The third kappa shape index (κ3) is 4.14. The minimum absolute atomic E-state index is 0.0852. The maximum Gasteiger partial charge on any atom is 0.269 e. The van der Waals surface area contributed by atoms with E-state index in [0.29, 0.717) is 13.2 Å². The average Bonchev–Trinajstić information content (AvgIpc) is 3.05. The highest BCUT2D eigenvalue weighted by atomic mass is 16.7. The van der Waals surface area contributed by atoms with Crippen LogP contribution in [0.3, 0.4) is 0 Å². The van der Waals surface area contributed by atoms with Crippen LogP contribution in [0.1, 0.15) is 19.3 Å². The number of nitro groups is 1. The van der Waals surface area contributed by atoms with E-state index in [4.69, 9.17) is 9.47 Å². The third-order valence-electron chi connectivity index (χ3n) is 3.81. The highest BCUT2D eigenvalue weighted by molar-refractivity contribution is 5.63. The Morgan fingerprint density at radius 3 is 2.83 bits per heavy atom. The first-order valence-electron chi connectivity index (χ1n) is 7.73. The van der Waals surface area contributed by atoms with E-state index in [-0.39, 0.29) is 12.0 Å². The van der Waals surface area contributed by atoms with E-state index in [9.17, 15) is 10.1 Å². The molecule has 0 amide bonds. The van der Waals surface area contributed by atoms with Gasteiger partial charge in [0, 0.05) is 30.5 Å². The van der Waals surface area contributed by atoms with Crippen LogP contribution in [0.4, 0.5) is 5.69 Å². The molecule has 0 radical (unpaired) electrons. The van der Waals surface area contributed by atoms with Gasteiger partial charge in [0.2, 0.25) is 0 Å². The van der Waals surface area contributed by atoms with Crippen LogP contribution in [0.2, 0.25) is 0 Å². The van der Waals surface area contributed by atoms with Gasteiger partial charge in [0.05, 0.1) is 24.3 Å². The van der Waals surface area contributed by atoms with Gasteiger partial charge in [-0.05, 0) is 37.0 Å². The zero-order valence-electron chi connectivity index (χ0n) is 12.8. The molecule has 1 saturated heterocycles. The minimum Gasteiger partial charge on any atom is -0.353 e. The molecule has 1 aliphatic rings. The van der Waals surface area contributed by atoms with Gasteiger partial charge < -0.3 is 9.47 Å². The highest BCUT2D eigenvalue weighted by Gasteiger charge is 2.13. The van der Waals surface area contributed by atoms with Gasteiger partial charge in [0.1, 0.15) is 0 Å². The lowest BCUT2D eigenvalue weighted by Gasteiger charge is -2.22. The first kappa shape index (κ1) is 15.6. The Kier molecular flexibility index (Phi) is 4.99. The fourth-order valence-corrected chi connectivity index (χ4v) is 2.53. The van der Waals surface area contributed by atoms with Crippen LogP contribution >= 0.6 is 0 Å². The standard InChI is InChI=1S/C16H19N3O4/c20-19(21)15-6-4-13(5-7-15)14-11-17-18(12-14)8-10-23-16-3-1-2-9-22-16/h4-7,11-12,16H,1-3,8-10H2. The summed E-state index contributed by atoms with van der Waals surface area (Å²) in [6.07, 6.45) is 6.78. The molecule has 2 heterocycles. The van der Waals surface area contributed by atoms with E-state index in [1.807, 2.05) is 6.20 Å². The van der Waals surface area contributed by atoms with E-state index >= 15 is 0 Å². The highest BCUT2D eigenvalue weighted by Crippen LogP contribution is 2.21. The van der Waals surface area contributed by atoms with E-state index in [1.54, 1.807) is 23.0 Å². The molecule has 3 rings (SSSR count). The maximum atomic E-state index is 10.7. The Morgan fingerprint density at radius 1 is 1.30 bits per heavy atom. The molecule has 0 aliphatic carbocycles. The molecular weight excluding hydrogens is 298 g/mol. The van der Waals surface area contributed by atoms with Crippen LogP contribution in [-0.4, -0.2) is 34.2 Å². The van der Waals surface area contributed by atoms with Crippen molar-refractivity contribution < 1.29 is 14.4 Å². The summed E-state index contributed by atoms with van der Waals surface area (Å²) in [6.45, 7) is 1.97. The monoisotopic (exact) mass is 317 g/mol. The maximum absolute atomic E-state index is 10.7. The Labute approximate surface area is 134 Å². The molecule has 7 heteroatoms. The molecule has 0 bridgehead atoms. The zero-order chi connectivity index (χ0) is 16.1. The number of nitro benzene ring substituents is 1. The number of benzene rings is 1. The van der Waals surface area contributed by atoms with Crippen molar-refractivity contribution >= 4 is 5.69 Å². The van der Waals surface area contributed by atoms with Gasteiger partial charge in [-0.15, -0.1) is 0 Å². The van der Waals surface area contributed by atoms with E-state index in [1.165, 1.54) is 12.1 Å². The fourth-order valence-electron chi connectivity index (χ4n) is 2.53. The largest absolute Gasteiger partial charge is 0.353 e. The molecule has 1 fully saturated rings. The van der Waals surface area contributed by atoms with Crippen LogP contribution in [0.25, 0.3) is 11.1 Å². The lowest BCUT2D eigenvalue weighted by molar-refractivity contribution is -0.384. The van der Waals surface area contributed by atoms with Gasteiger partial charge in [-0.1, -0.05) is 0 Å². The number of ether oxygens (including phenoxy) is 2. The van der Waals surface area contributed by atoms with Crippen LogP contribution in [0, 0.1) is 10.1 Å². The topological polar surface area (TPSA) is 79.4 Å². The van der Waals surface area contributed by atoms with Crippen molar-refractivity contribution in [3.8, 4) is 11.1 Å². The van der Waals surface area contributed by atoms with Gasteiger partial charge in [0.25, 0.3) is 5.69 Å². The third-order valence-corrected chi connectivity index (χ3v) is 3.81. The molecule has 2 aromatic rings. The summed E-state index contributed by atoms with van der Waals surface area (Å²) in [5.74, 6) is 0. The number of hydrogen-bond acceptors (Lipinski definition) is 5. The van der Waals surface area contributed by atoms with Gasteiger partial charge in [-0.2, -0.15) is 5.10 Å². The summed E-state index contributed by atoms with van der Waals surface area (Å²) < 4.78 is 13.0. The normalized spacial score (nSPS) is 18.0. The minimum atomic E-state index is -0.405. The number of nitrogens with zero attached hydrogens (tertiary/aromatic N) is 3. The summed E-state index contributed by atoms with van der Waals surface area (Å²) in [7, 11) is 0. The second-order valence-corrected chi connectivity index (χ2v) is 5.46. The van der Waals surface area contributed by atoms with E-state index in [2.05, 4.69) is 5.10 Å². The van der Waals surface area contributed by atoms with Crippen molar-refractivity contribution in [3.63, 3.8) is 0 Å². The Balaban J connectivity index is 1.54. The van der Waals surface area contributed by atoms with Gasteiger partial charge in [-0.25, -0.2) is 0 Å². The summed E-state index contributed by atoms with van der Waals surface area (Å²) >= 11 is 0. The smallest absolute Gasteiger partial charge is 0.269 e. The van der Waals surface area contributed by atoms with Gasteiger partial charge >= 0.3 is 0 Å². The second kappa shape index (κ2) is 7.34. The van der Waals surface area contributed by atoms with Crippen LogP contribution in [0.5, 0.6) is 0 Å². The SMILES string of the molecule is O=[N+]([O-])c1ccc(-c2cnn(CCOC3CCCCO3)c2)cc1. The first-order chi connectivity index (χ1) is 11.2. The summed E-state index contributed by atoms with van der Waals surface area (Å²) in [5, 5.41) is 15.0. The quantitative estimate of drug-likeness (QED) is 0.604. The zero-order valence-corrected chi connectivity index (χ0v) is 12.8. The number of non-ortho nitro benzene ring substituents is 1. The second-order valence-electron chi connectivity index (χ2n) is 5.46. The van der Waals surface area contributed by atoms with Crippen molar-refractivity contribution in [2.45, 2.75) is 32.1 Å². The molecule has 0 N–H and O–H groups in total. The van der Waals surface area contributed by atoms with Crippen molar-refractivity contribution in [1.29, 1.82) is 0 Å². The van der Waals surface area contributed by atoms with Crippen molar-refractivity contribution in [2.75, 3.05) is 13.2 Å². The molecule has 1 atom stereocenters. The molecule has 1 aromatic heterocycles. The molecule has 0 saturated carbocycles. The van der Waals surface area contributed by atoms with Gasteiger partial charge in [-0.3, -0.25) is 14.8 Å². The molecule has 1 aliphatic heterocycles. The molecule has 7 nitrogen and oxygen atoms in total.